The van der Waals surface area contributed by atoms with Gasteiger partial charge >= 0.3 is 17.9 Å². The van der Waals surface area contributed by atoms with Crippen molar-refractivity contribution in [3.8, 4) is 0 Å². The fourth-order valence-corrected chi connectivity index (χ4v) is 1.41. The molecule has 0 bridgehead atoms. The molecule has 1 rings (SSSR count). The smallest absolute Gasteiger partial charge is 0.359 e. The van der Waals surface area contributed by atoms with Crippen LogP contribution in [-0.4, -0.2) is 44.3 Å². The van der Waals surface area contributed by atoms with Gasteiger partial charge in [-0.1, -0.05) is 0 Å². The van der Waals surface area contributed by atoms with Crippen molar-refractivity contribution in [1.82, 2.24) is 0 Å². The Labute approximate surface area is 109 Å². The van der Waals surface area contributed by atoms with Gasteiger partial charge in [-0.05, 0) is 13.8 Å². The van der Waals surface area contributed by atoms with E-state index < -0.39 is 30.1 Å². The number of methoxy groups -OCH3 is 2. The van der Waals surface area contributed by atoms with Crippen molar-refractivity contribution >= 4 is 17.9 Å². The first-order valence-corrected chi connectivity index (χ1v) is 5.33. The predicted molar refractivity (Wildman–Crippen MR) is 61.0 cm³/mol. The highest BCUT2D eigenvalue weighted by Gasteiger charge is 2.40. The lowest BCUT2D eigenvalue weighted by Gasteiger charge is -2.16. The second-order valence-corrected chi connectivity index (χ2v) is 4.13. The van der Waals surface area contributed by atoms with Crippen molar-refractivity contribution in [3.05, 3.63) is 11.3 Å². The van der Waals surface area contributed by atoms with Crippen LogP contribution in [0.2, 0.25) is 0 Å². The lowest BCUT2D eigenvalue weighted by Crippen LogP contribution is -2.28. The Hall–Kier alpha value is -2.25. The summed E-state index contributed by atoms with van der Waals surface area (Å²) in [5, 5.41) is 7.42. The maximum atomic E-state index is 11.9. The van der Waals surface area contributed by atoms with Gasteiger partial charge in [0.15, 0.2) is 12.3 Å². The van der Waals surface area contributed by atoms with Crippen molar-refractivity contribution in [2.75, 3.05) is 20.8 Å². The summed E-state index contributed by atoms with van der Waals surface area (Å²) < 4.78 is 13.6. The summed E-state index contributed by atoms with van der Waals surface area (Å²) in [6, 6.07) is 0. The fourth-order valence-electron chi connectivity index (χ4n) is 1.41. The SMILES string of the molecule is COC(=O)COC(=O)C1=C(C(=O)OC)N=NC1(C)C. The van der Waals surface area contributed by atoms with Crippen LogP contribution < -0.4 is 0 Å². The first-order valence-electron chi connectivity index (χ1n) is 5.33. The van der Waals surface area contributed by atoms with E-state index in [2.05, 4.69) is 19.7 Å². The number of carbonyl (C=O) groups excluding carboxylic acids is 3. The second kappa shape index (κ2) is 5.59. The van der Waals surface area contributed by atoms with Gasteiger partial charge in [0.05, 0.1) is 14.2 Å². The molecule has 0 unspecified atom stereocenters. The largest absolute Gasteiger partial charge is 0.466 e. The number of carbonyl (C=O) groups is 3. The lowest BCUT2D eigenvalue weighted by molar-refractivity contribution is -0.155. The number of ether oxygens (including phenoxy) is 3. The van der Waals surface area contributed by atoms with E-state index in [0.717, 1.165) is 7.11 Å². The molecule has 0 atom stereocenters. The number of nitrogens with zero attached hydrogens (tertiary/aromatic N) is 2. The molecule has 1 heterocycles. The number of esters is 3. The molecule has 0 spiro atoms. The average Bonchev–Trinajstić information content (AvgIpc) is 2.70. The van der Waals surface area contributed by atoms with Crippen molar-refractivity contribution in [2.24, 2.45) is 10.2 Å². The molecule has 0 radical (unpaired) electrons. The van der Waals surface area contributed by atoms with E-state index >= 15 is 0 Å². The number of azo groups is 1. The van der Waals surface area contributed by atoms with Crippen LogP contribution in [0.5, 0.6) is 0 Å². The average molecular weight is 270 g/mol. The van der Waals surface area contributed by atoms with Gasteiger partial charge in [-0.15, -0.1) is 5.11 Å². The van der Waals surface area contributed by atoms with Gasteiger partial charge in [0.25, 0.3) is 0 Å². The second-order valence-electron chi connectivity index (χ2n) is 4.13. The monoisotopic (exact) mass is 270 g/mol. The third-order valence-corrected chi connectivity index (χ3v) is 2.38. The normalized spacial score (nSPS) is 16.2. The third-order valence-electron chi connectivity index (χ3n) is 2.38. The van der Waals surface area contributed by atoms with Gasteiger partial charge < -0.3 is 14.2 Å². The molecule has 1 aliphatic heterocycles. The summed E-state index contributed by atoms with van der Waals surface area (Å²) in [7, 11) is 2.33. The van der Waals surface area contributed by atoms with Crippen LogP contribution in [0.1, 0.15) is 13.8 Å². The maximum absolute atomic E-state index is 11.9. The van der Waals surface area contributed by atoms with Gasteiger partial charge in [0, 0.05) is 0 Å². The molecular weight excluding hydrogens is 256 g/mol. The van der Waals surface area contributed by atoms with E-state index in [1.165, 1.54) is 7.11 Å². The molecule has 0 fully saturated rings. The van der Waals surface area contributed by atoms with Crippen LogP contribution in [-0.2, 0) is 28.6 Å². The topological polar surface area (TPSA) is 104 Å². The van der Waals surface area contributed by atoms with Crippen LogP contribution in [0.3, 0.4) is 0 Å². The first-order chi connectivity index (χ1) is 8.83. The molecule has 0 aromatic rings. The van der Waals surface area contributed by atoms with Crippen LogP contribution in [0.15, 0.2) is 21.5 Å². The van der Waals surface area contributed by atoms with E-state index in [0.29, 0.717) is 0 Å². The van der Waals surface area contributed by atoms with E-state index in [1.54, 1.807) is 13.8 Å². The molecule has 0 aromatic heterocycles. The summed E-state index contributed by atoms with van der Waals surface area (Å²) in [6.07, 6.45) is 0. The molecule has 0 saturated carbocycles. The first kappa shape index (κ1) is 14.8. The van der Waals surface area contributed by atoms with Crippen LogP contribution >= 0.6 is 0 Å². The standard InChI is InChI=1S/C11H14N2O6/c1-11(2)7(8(12-13-11)10(16)18-4)9(15)19-5-6(14)17-3/h5H2,1-4H3. The van der Waals surface area contributed by atoms with Crippen molar-refractivity contribution in [3.63, 3.8) is 0 Å². The summed E-state index contributed by atoms with van der Waals surface area (Å²) in [6.45, 7) is 2.62. The fraction of sp³-hybridized carbons (Fsp3) is 0.545. The van der Waals surface area contributed by atoms with E-state index in [9.17, 15) is 14.4 Å². The predicted octanol–water partition coefficient (Wildman–Crippen LogP) is 0.374. The minimum atomic E-state index is -1.02. The molecule has 8 heteroatoms. The number of hydrogen-bond donors (Lipinski definition) is 0. The van der Waals surface area contributed by atoms with Crippen molar-refractivity contribution < 1.29 is 28.6 Å². The molecule has 1 aliphatic rings. The molecule has 0 saturated heterocycles. The summed E-state index contributed by atoms with van der Waals surface area (Å²) in [5.74, 6) is -2.36. The van der Waals surface area contributed by atoms with Crippen molar-refractivity contribution in [2.45, 2.75) is 19.4 Å². The van der Waals surface area contributed by atoms with Gasteiger partial charge in [0.1, 0.15) is 11.1 Å². The maximum Gasteiger partial charge on any atom is 0.359 e. The van der Waals surface area contributed by atoms with Crippen LogP contribution in [0.4, 0.5) is 0 Å². The number of hydrogen-bond acceptors (Lipinski definition) is 8. The quantitative estimate of drug-likeness (QED) is 0.540. The molecular formula is C11H14N2O6. The Morgan fingerprint density at radius 2 is 1.74 bits per heavy atom. The third kappa shape index (κ3) is 3.15. The Balaban J connectivity index is 2.96. The molecule has 104 valence electrons. The highest BCUT2D eigenvalue weighted by atomic mass is 16.6. The van der Waals surface area contributed by atoms with Gasteiger partial charge in [-0.25, -0.2) is 14.4 Å². The Morgan fingerprint density at radius 1 is 1.11 bits per heavy atom. The zero-order chi connectivity index (χ0) is 14.6. The van der Waals surface area contributed by atoms with Crippen molar-refractivity contribution in [1.29, 1.82) is 0 Å². The number of rotatable bonds is 4. The Kier molecular flexibility index (Phi) is 4.36. The molecule has 0 N–H and O–H groups in total. The molecule has 8 nitrogen and oxygen atoms in total. The summed E-state index contributed by atoms with van der Waals surface area (Å²) in [4.78, 5) is 34.3. The van der Waals surface area contributed by atoms with Gasteiger partial charge in [0.2, 0.25) is 0 Å². The van der Waals surface area contributed by atoms with Gasteiger partial charge in [-0.3, -0.25) is 0 Å². The molecule has 0 aliphatic carbocycles. The highest BCUT2D eigenvalue weighted by Crippen LogP contribution is 2.33. The van der Waals surface area contributed by atoms with E-state index in [-0.39, 0.29) is 11.3 Å². The van der Waals surface area contributed by atoms with Gasteiger partial charge in [-0.2, -0.15) is 5.11 Å². The van der Waals surface area contributed by atoms with Crippen LogP contribution in [0, 0.1) is 0 Å². The zero-order valence-corrected chi connectivity index (χ0v) is 11.1. The summed E-state index contributed by atoms with van der Waals surface area (Å²) in [5.41, 5.74) is -1.29. The highest BCUT2D eigenvalue weighted by molar-refractivity contribution is 6.02. The minimum Gasteiger partial charge on any atom is -0.466 e. The lowest BCUT2D eigenvalue weighted by atomic mass is 9.94. The molecule has 19 heavy (non-hydrogen) atoms. The van der Waals surface area contributed by atoms with E-state index in [1.807, 2.05) is 0 Å². The Morgan fingerprint density at radius 3 is 2.26 bits per heavy atom. The van der Waals surface area contributed by atoms with E-state index in [4.69, 9.17) is 4.74 Å². The summed E-state index contributed by atoms with van der Waals surface area (Å²) >= 11 is 0. The minimum absolute atomic E-state index is 0.0525. The zero-order valence-electron chi connectivity index (χ0n) is 11.1. The molecule has 0 aromatic carbocycles. The van der Waals surface area contributed by atoms with Crippen LogP contribution in [0.25, 0.3) is 0 Å². The Bertz CT molecular complexity index is 478. The molecule has 0 amide bonds.